The van der Waals surface area contributed by atoms with Crippen LogP contribution < -0.4 is 0 Å². The summed E-state index contributed by atoms with van der Waals surface area (Å²) in [7, 11) is 0. The molecule has 2 unspecified atom stereocenters. The Bertz CT molecular complexity index is 482. The van der Waals surface area contributed by atoms with Crippen LogP contribution in [0.1, 0.15) is 20.3 Å². The molecule has 0 aromatic carbocycles. The van der Waals surface area contributed by atoms with Gasteiger partial charge in [-0.05, 0) is 25.8 Å². The first-order valence-corrected chi connectivity index (χ1v) is 7.87. The second-order valence-electron chi connectivity index (χ2n) is 5.53. The molecule has 0 radical (unpaired) electrons. The molecule has 5 nitrogen and oxygen atoms in total. The number of carboxylic acids is 1. The van der Waals surface area contributed by atoms with Crippen molar-refractivity contribution in [1.29, 1.82) is 0 Å². The summed E-state index contributed by atoms with van der Waals surface area (Å²) in [6, 6.07) is 0.387. The molecule has 2 fully saturated rings. The van der Waals surface area contributed by atoms with Gasteiger partial charge in [0.05, 0.1) is 12.0 Å². The van der Waals surface area contributed by atoms with Crippen LogP contribution in [-0.4, -0.2) is 56.4 Å². The van der Waals surface area contributed by atoms with Crippen LogP contribution >= 0.6 is 22.6 Å². The monoisotopic (exact) mass is 375 g/mol. The molecule has 0 saturated carbocycles. The van der Waals surface area contributed by atoms with Gasteiger partial charge in [-0.3, -0.25) is 14.7 Å². The number of halogens is 1. The second-order valence-corrected chi connectivity index (χ2v) is 6.71. The summed E-state index contributed by atoms with van der Waals surface area (Å²) >= 11 is 2.37. The van der Waals surface area contributed by atoms with Crippen molar-refractivity contribution in [3.8, 4) is 0 Å². The number of hydrogen-bond donors (Lipinski definition) is 1. The molecule has 104 valence electrons. The van der Waals surface area contributed by atoms with Crippen molar-refractivity contribution in [2.24, 2.45) is 10.9 Å². The van der Waals surface area contributed by atoms with Gasteiger partial charge >= 0.3 is 5.97 Å². The van der Waals surface area contributed by atoms with Crippen molar-refractivity contribution in [1.82, 2.24) is 9.80 Å². The van der Waals surface area contributed by atoms with Gasteiger partial charge in [0, 0.05) is 25.3 Å². The van der Waals surface area contributed by atoms with E-state index in [1.54, 1.807) is 0 Å². The van der Waals surface area contributed by atoms with E-state index in [0.29, 0.717) is 19.1 Å². The molecule has 2 saturated heterocycles. The first-order chi connectivity index (χ1) is 8.99. The van der Waals surface area contributed by atoms with Crippen LogP contribution in [0.4, 0.5) is 0 Å². The normalized spacial score (nSPS) is 32.2. The van der Waals surface area contributed by atoms with Gasteiger partial charge in [-0.2, -0.15) is 0 Å². The van der Waals surface area contributed by atoms with Gasteiger partial charge in [0.2, 0.25) is 0 Å². The Kier molecular flexibility index (Phi) is 3.33. The summed E-state index contributed by atoms with van der Waals surface area (Å²) in [6.07, 6.45) is 1.08. The smallest absolute Gasteiger partial charge is 0.309 e. The van der Waals surface area contributed by atoms with Gasteiger partial charge in [-0.25, -0.2) is 0 Å². The molecule has 0 amide bonds. The molecule has 0 spiro atoms. The number of carboxylic acid groups (broad SMARTS) is 1. The number of carbonyl (C=O) groups is 1. The van der Waals surface area contributed by atoms with Gasteiger partial charge in [-0.15, -0.1) is 0 Å². The molecular weight excluding hydrogens is 357 g/mol. The fourth-order valence-electron chi connectivity index (χ4n) is 3.23. The molecule has 3 aliphatic heterocycles. The van der Waals surface area contributed by atoms with Crippen molar-refractivity contribution < 1.29 is 9.90 Å². The summed E-state index contributed by atoms with van der Waals surface area (Å²) in [5, 5.41) is 8.99. The Morgan fingerprint density at radius 1 is 1.42 bits per heavy atom. The fraction of sp³-hybridized carbons (Fsp3) is 0.692. The van der Waals surface area contributed by atoms with Crippen molar-refractivity contribution in [2.45, 2.75) is 30.4 Å². The highest BCUT2D eigenvalue weighted by atomic mass is 127. The van der Waals surface area contributed by atoms with Crippen LogP contribution in [0.5, 0.6) is 0 Å². The number of aliphatic carboxylic acids is 1. The molecule has 2 atom stereocenters. The second kappa shape index (κ2) is 4.73. The number of fused-ring (bicyclic) bond motifs is 1. The van der Waals surface area contributed by atoms with Crippen molar-refractivity contribution in [2.75, 3.05) is 19.6 Å². The lowest BCUT2D eigenvalue weighted by atomic mass is 9.95. The number of aliphatic imine (C=N–C) groups is 1. The maximum absolute atomic E-state index is 10.9. The van der Waals surface area contributed by atoms with Crippen LogP contribution in [0.2, 0.25) is 0 Å². The van der Waals surface area contributed by atoms with Gasteiger partial charge in [0.25, 0.3) is 0 Å². The number of hydrogen-bond acceptors (Lipinski definition) is 4. The summed E-state index contributed by atoms with van der Waals surface area (Å²) in [5.74, 6) is 0.256. The average Bonchev–Trinajstić information content (AvgIpc) is 2.68. The first kappa shape index (κ1) is 13.4. The maximum atomic E-state index is 10.9. The quantitative estimate of drug-likeness (QED) is 0.452. The largest absolute Gasteiger partial charge is 0.481 e. The Balaban J connectivity index is 1.79. The number of rotatable bonds is 2. The third-order valence-electron chi connectivity index (χ3n) is 4.38. The molecule has 0 aromatic rings. The topological polar surface area (TPSA) is 56.1 Å². The number of nitrogens with zero attached hydrogens (tertiary/aromatic N) is 3. The Hall–Kier alpha value is -0.630. The number of alkyl halides is 1. The Labute approximate surface area is 126 Å². The van der Waals surface area contributed by atoms with E-state index < -0.39 is 5.97 Å². The third-order valence-corrected chi connectivity index (χ3v) is 5.60. The molecule has 0 aromatic heterocycles. The van der Waals surface area contributed by atoms with Crippen LogP contribution in [0.25, 0.3) is 0 Å². The Morgan fingerprint density at radius 2 is 2.11 bits per heavy atom. The predicted molar refractivity (Wildman–Crippen MR) is 81.4 cm³/mol. The molecule has 0 aliphatic carbocycles. The number of likely N-dealkylation sites (tertiary alicyclic amines) is 1. The molecule has 19 heavy (non-hydrogen) atoms. The summed E-state index contributed by atoms with van der Waals surface area (Å²) in [5.41, 5.74) is 2.70. The molecule has 6 heteroatoms. The molecule has 3 aliphatic rings. The standard InChI is InChI=1S/C13H18IN3O2/c1-7-11-10(16-5-9(6-16)13(18)19)3-4-17(11)8(2)15-12(7)14/h9-10,12H,3-6H2,1-2H3,(H,18,19). The highest BCUT2D eigenvalue weighted by Gasteiger charge is 2.44. The minimum atomic E-state index is -0.662. The van der Waals surface area contributed by atoms with E-state index in [0.717, 1.165) is 18.8 Å². The lowest BCUT2D eigenvalue weighted by Gasteiger charge is -2.43. The zero-order valence-electron chi connectivity index (χ0n) is 11.1. The molecule has 1 N–H and O–H groups in total. The molecule has 3 heterocycles. The minimum absolute atomic E-state index is 0.177. The van der Waals surface area contributed by atoms with E-state index in [-0.39, 0.29) is 9.97 Å². The predicted octanol–water partition coefficient (Wildman–Crippen LogP) is 1.54. The van der Waals surface area contributed by atoms with Gasteiger partial charge in [0.1, 0.15) is 9.88 Å². The zero-order chi connectivity index (χ0) is 13.7. The molecule has 0 bridgehead atoms. The lowest BCUT2D eigenvalue weighted by molar-refractivity contribution is -0.148. The lowest BCUT2D eigenvalue weighted by Crippen LogP contribution is -2.55. The number of amidine groups is 1. The minimum Gasteiger partial charge on any atom is -0.481 e. The third kappa shape index (κ3) is 2.08. The highest BCUT2D eigenvalue weighted by Crippen LogP contribution is 2.38. The van der Waals surface area contributed by atoms with E-state index in [1.807, 2.05) is 0 Å². The highest BCUT2D eigenvalue weighted by molar-refractivity contribution is 14.1. The van der Waals surface area contributed by atoms with Gasteiger partial charge in [0.15, 0.2) is 0 Å². The van der Waals surface area contributed by atoms with Crippen LogP contribution in [0.15, 0.2) is 16.3 Å². The van der Waals surface area contributed by atoms with Crippen molar-refractivity contribution in [3.63, 3.8) is 0 Å². The fourth-order valence-corrected chi connectivity index (χ4v) is 3.95. The summed E-state index contributed by atoms with van der Waals surface area (Å²) < 4.78 is 0.223. The summed E-state index contributed by atoms with van der Waals surface area (Å²) in [4.78, 5) is 20.2. The van der Waals surface area contributed by atoms with Gasteiger partial charge in [-0.1, -0.05) is 22.6 Å². The van der Waals surface area contributed by atoms with E-state index in [2.05, 4.69) is 51.2 Å². The summed E-state index contributed by atoms with van der Waals surface area (Å²) in [6.45, 7) is 6.60. The maximum Gasteiger partial charge on any atom is 0.309 e. The van der Waals surface area contributed by atoms with E-state index in [1.165, 1.54) is 11.3 Å². The average molecular weight is 375 g/mol. The first-order valence-electron chi connectivity index (χ1n) is 6.62. The molecule has 3 rings (SSSR count). The zero-order valence-corrected chi connectivity index (χ0v) is 13.3. The van der Waals surface area contributed by atoms with Gasteiger partial charge < -0.3 is 10.0 Å². The van der Waals surface area contributed by atoms with Crippen molar-refractivity contribution >= 4 is 34.4 Å². The van der Waals surface area contributed by atoms with E-state index in [4.69, 9.17) is 5.11 Å². The van der Waals surface area contributed by atoms with E-state index in [9.17, 15) is 4.79 Å². The van der Waals surface area contributed by atoms with Crippen LogP contribution in [0, 0.1) is 5.92 Å². The van der Waals surface area contributed by atoms with Crippen LogP contribution in [-0.2, 0) is 4.79 Å². The molecular formula is C13H18IN3O2. The van der Waals surface area contributed by atoms with E-state index >= 15 is 0 Å². The van der Waals surface area contributed by atoms with Crippen LogP contribution in [0.3, 0.4) is 0 Å². The Morgan fingerprint density at radius 3 is 2.74 bits per heavy atom. The van der Waals surface area contributed by atoms with Crippen molar-refractivity contribution in [3.05, 3.63) is 11.3 Å². The SMILES string of the molecule is CC1=NC(I)C(C)=C2C(N3CC(C(=O)O)C3)CCN12.